The van der Waals surface area contributed by atoms with Gasteiger partial charge in [0.25, 0.3) is 0 Å². The maximum absolute atomic E-state index is 5.96. The van der Waals surface area contributed by atoms with Gasteiger partial charge in [-0.05, 0) is 12.1 Å². The molecule has 0 fully saturated rings. The minimum absolute atomic E-state index is 0.634. The first-order valence-corrected chi connectivity index (χ1v) is 5.96. The van der Waals surface area contributed by atoms with Crippen LogP contribution < -0.4 is 5.73 Å². The van der Waals surface area contributed by atoms with Crippen molar-refractivity contribution in [3.8, 4) is 0 Å². The number of fused-ring (bicyclic) bond motifs is 1. The maximum atomic E-state index is 5.96. The van der Waals surface area contributed by atoms with Crippen LogP contribution in [-0.4, -0.2) is 15.0 Å². The van der Waals surface area contributed by atoms with Crippen LogP contribution in [0.15, 0.2) is 52.6 Å². The van der Waals surface area contributed by atoms with E-state index in [9.17, 15) is 0 Å². The third kappa shape index (κ3) is 1.85. The SMILES string of the molecule is Nc1[nH]c2cncnc2c1Sc1ccccc1. The number of rotatable bonds is 2. The van der Waals surface area contributed by atoms with Crippen LogP contribution in [-0.2, 0) is 0 Å². The maximum Gasteiger partial charge on any atom is 0.117 e. The molecule has 0 radical (unpaired) electrons. The lowest BCUT2D eigenvalue weighted by atomic mass is 10.4. The van der Waals surface area contributed by atoms with Gasteiger partial charge in [0, 0.05) is 4.90 Å². The number of aromatic nitrogens is 3. The number of aromatic amines is 1. The number of anilines is 1. The zero-order chi connectivity index (χ0) is 11.7. The van der Waals surface area contributed by atoms with E-state index in [1.54, 1.807) is 18.0 Å². The normalized spacial score (nSPS) is 10.8. The Hall–Kier alpha value is -2.01. The van der Waals surface area contributed by atoms with Crippen LogP contribution >= 0.6 is 11.8 Å². The average molecular weight is 242 g/mol. The van der Waals surface area contributed by atoms with Gasteiger partial charge in [-0.25, -0.2) is 9.97 Å². The molecule has 0 saturated carbocycles. The first-order chi connectivity index (χ1) is 8.34. The molecule has 17 heavy (non-hydrogen) atoms. The summed E-state index contributed by atoms with van der Waals surface area (Å²) >= 11 is 1.60. The van der Waals surface area contributed by atoms with Gasteiger partial charge in [-0.2, -0.15) is 0 Å². The zero-order valence-electron chi connectivity index (χ0n) is 8.92. The van der Waals surface area contributed by atoms with Crippen LogP contribution in [0.2, 0.25) is 0 Å². The van der Waals surface area contributed by atoms with Gasteiger partial charge in [0.1, 0.15) is 17.7 Å². The highest BCUT2D eigenvalue weighted by Crippen LogP contribution is 2.36. The number of nitrogens with zero attached hydrogens (tertiary/aromatic N) is 2. The van der Waals surface area contributed by atoms with E-state index in [2.05, 4.69) is 15.0 Å². The van der Waals surface area contributed by atoms with Crippen molar-refractivity contribution in [3.05, 3.63) is 42.9 Å². The number of nitrogen functional groups attached to an aromatic ring is 1. The Labute approximate surface area is 102 Å². The molecule has 84 valence electrons. The largest absolute Gasteiger partial charge is 0.384 e. The quantitative estimate of drug-likeness (QED) is 0.725. The molecule has 3 aromatic rings. The Morgan fingerprint density at radius 2 is 2.00 bits per heavy atom. The van der Waals surface area contributed by atoms with Crippen molar-refractivity contribution >= 4 is 28.6 Å². The van der Waals surface area contributed by atoms with Crippen LogP contribution in [0.25, 0.3) is 11.0 Å². The fraction of sp³-hybridized carbons (Fsp3) is 0. The van der Waals surface area contributed by atoms with Crippen molar-refractivity contribution in [3.63, 3.8) is 0 Å². The number of nitrogens with two attached hydrogens (primary N) is 1. The molecule has 0 aliphatic carbocycles. The van der Waals surface area contributed by atoms with Gasteiger partial charge in [0.15, 0.2) is 0 Å². The number of nitrogens with one attached hydrogen (secondary N) is 1. The van der Waals surface area contributed by atoms with E-state index in [4.69, 9.17) is 5.73 Å². The van der Waals surface area contributed by atoms with Crippen LogP contribution in [0, 0.1) is 0 Å². The van der Waals surface area contributed by atoms with Crippen LogP contribution in [0.1, 0.15) is 0 Å². The fourth-order valence-corrected chi connectivity index (χ4v) is 2.59. The topological polar surface area (TPSA) is 67.6 Å². The van der Waals surface area contributed by atoms with E-state index in [1.165, 1.54) is 6.33 Å². The second-order valence-electron chi connectivity index (χ2n) is 3.57. The molecule has 2 heterocycles. The van der Waals surface area contributed by atoms with Gasteiger partial charge >= 0.3 is 0 Å². The minimum atomic E-state index is 0.634. The molecule has 0 unspecified atom stereocenters. The molecule has 5 heteroatoms. The third-order valence-corrected chi connectivity index (χ3v) is 3.53. The molecule has 0 aliphatic rings. The van der Waals surface area contributed by atoms with Crippen molar-refractivity contribution in [2.75, 3.05) is 5.73 Å². The van der Waals surface area contributed by atoms with Crippen LogP contribution in [0.4, 0.5) is 5.82 Å². The smallest absolute Gasteiger partial charge is 0.117 e. The van der Waals surface area contributed by atoms with Gasteiger partial charge in [-0.3, -0.25) is 0 Å². The summed E-state index contributed by atoms with van der Waals surface area (Å²) < 4.78 is 0. The molecule has 0 aliphatic heterocycles. The lowest BCUT2D eigenvalue weighted by Gasteiger charge is -2.00. The van der Waals surface area contributed by atoms with Gasteiger partial charge in [0.05, 0.1) is 16.6 Å². The Morgan fingerprint density at radius 3 is 2.82 bits per heavy atom. The van der Waals surface area contributed by atoms with E-state index >= 15 is 0 Å². The van der Waals surface area contributed by atoms with Gasteiger partial charge < -0.3 is 10.7 Å². The summed E-state index contributed by atoms with van der Waals surface area (Å²) in [6.45, 7) is 0. The molecule has 1 aromatic carbocycles. The Balaban J connectivity index is 2.08. The lowest BCUT2D eigenvalue weighted by molar-refractivity contribution is 1.21. The predicted molar refractivity (Wildman–Crippen MR) is 68.9 cm³/mol. The summed E-state index contributed by atoms with van der Waals surface area (Å²) in [6, 6.07) is 10.1. The molecule has 4 nitrogen and oxygen atoms in total. The van der Waals surface area contributed by atoms with Crippen LogP contribution in [0.3, 0.4) is 0 Å². The summed E-state index contributed by atoms with van der Waals surface area (Å²) in [5, 5.41) is 0. The molecule has 0 bridgehead atoms. The third-order valence-electron chi connectivity index (χ3n) is 2.40. The van der Waals surface area contributed by atoms with Crippen molar-refractivity contribution in [2.24, 2.45) is 0 Å². The second kappa shape index (κ2) is 4.10. The molecule has 0 saturated heterocycles. The molecule has 2 aromatic heterocycles. The highest BCUT2D eigenvalue weighted by molar-refractivity contribution is 7.99. The van der Waals surface area contributed by atoms with Crippen molar-refractivity contribution in [1.82, 2.24) is 15.0 Å². The Bertz CT molecular complexity index is 648. The molecule has 0 amide bonds. The number of benzene rings is 1. The highest BCUT2D eigenvalue weighted by atomic mass is 32.2. The second-order valence-corrected chi connectivity index (χ2v) is 4.65. The van der Waals surface area contributed by atoms with Gasteiger partial charge in [0.2, 0.25) is 0 Å². The fourth-order valence-electron chi connectivity index (χ4n) is 1.64. The highest BCUT2D eigenvalue weighted by Gasteiger charge is 2.11. The minimum Gasteiger partial charge on any atom is -0.384 e. The molecule has 3 N–H and O–H groups in total. The van der Waals surface area contributed by atoms with Gasteiger partial charge in [-0.15, -0.1) is 0 Å². The van der Waals surface area contributed by atoms with E-state index in [-0.39, 0.29) is 0 Å². The lowest BCUT2D eigenvalue weighted by Crippen LogP contribution is -1.85. The summed E-state index contributed by atoms with van der Waals surface area (Å²) in [7, 11) is 0. The average Bonchev–Trinajstić information content (AvgIpc) is 2.68. The predicted octanol–water partition coefficient (Wildman–Crippen LogP) is 2.69. The molecule has 3 rings (SSSR count). The summed E-state index contributed by atoms with van der Waals surface area (Å²) in [6.07, 6.45) is 3.26. The first-order valence-electron chi connectivity index (χ1n) is 5.14. The number of hydrogen-bond donors (Lipinski definition) is 2. The van der Waals surface area contributed by atoms with E-state index in [0.29, 0.717) is 5.82 Å². The molecule has 0 atom stereocenters. The standard InChI is InChI=1S/C12H10N4S/c13-12-11(17-8-4-2-1-3-5-8)10-9(16-12)6-14-7-15-10/h1-7,16H,13H2. The molecular formula is C12H10N4S. The van der Waals surface area contributed by atoms with Crippen molar-refractivity contribution in [2.45, 2.75) is 9.79 Å². The number of hydrogen-bond acceptors (Lipinski definition) is 4. The summed E-state index contributed by atoms with van der Waals surface area (Å²) in [5.41, 5.74) is 7.69. The number of H-pyrrole nitrogens is 1. The Morgan fingerprint density at radius 1 is 1.18 bits per heavy atom. The first kappa shape index (κ1) is 10.2. The van der Waals surface area contributed by atoms with E-state index in [0.717, 1.165) is 20.8 Å². The van der Waals surface area contributed by atoms with Crippen LogP contribution in [0.5, 0.6) is 0 Å². The van der Waals surface area contributed by atoms with E-state index in [1.807, 2.05) is 30.3 Å². The van der Waals surface area contributed by atoms with Gasteiger partial charge in [-0.1, -0.05) is 30.0 Å². The zero-order valence-corrected chi connectivity index (χ0v) is 9.74. The Kier molecular flexibility index (Phi) is 2.45. The summed E-state index contributed by atoms with van der Waals surface area (Å²) in [5.74, 6) is 0.634. The van der Waals surface area contributed by atoms with Crippen molar-refractivity contribution < 1.29 is 0 Å². The summed E-state index contributed by atoms with van der Waals surface area (Å²) in [4.78, 5) is 13.4. The molecular weight excluding hydrogens is 232 g/mol. The van der Waals surface area contributed by atoms with E-state index < -0.39 is 0 Å². The monoisotopic (exact) mass is 242 g/mol. The molecule has 0 spiro atoms. The van der Waals surface area contributed by atoms with Crippen molar-refractivity contribution in [1.29, 1.82) is 0 Å².